The number of hydrogen-bond donors (Lipinski definition) is 0. The molecule has 1 nitrogen and oxygen atoms in total. The molecule has 0 amide bonds. The molecule has 1 rings (SSSR count). The third-order valence-electron chi connectivity index (χ3n) is 2.57. The van der Waals surface area contributed by atoms with Gasteiger partial charge < -0.3 is 4.74 Å². The van der Waals surface area contributed by atoms with Gasteiger partial charge in [0.15, 0.2) is 0 Å². The molecule has 0 bridgehead atoms. The molecule has 0 N–H and O–H groups in total. The van der Waals surface area contributed by atoms with Crippen molar-refractivity contribution in [3.05, 3.63) is 71.8 Å². The van der Waals surface area contributed by atoms with E-state index in [1.807, 2.05) is 31.2 Å². The van der Waals surface area contributed by atoms with Gasteiger partial charge in [-0.3, -0.25) is 0 Å². The Hall–Kier alpha value is -1.60. The smallest absolute Gasteiger partial charge is 0.107 e. The van der Waals surface area contributed by atoms with E-state index in [0.29, 0.717) is 0 Å². The van der Waals surface area contributed by atoms with E-state index < -0.39 is 0 Å². The third-order valence-corrected chi connectivity index (χ3v) is 2.57. The standard InChI is InChI=1S/C16H20O/c1-5-6-7-8-14(3)16(17-4)15-11-9-13(2)10-12-15/h5-12,16H,3H2,1-2,4H3/b6-5+,8-7-/t16-/m0/s1. The lowest BCUT2D eigenvalue weighted by Crippen LogP contribution is -2.02. The van der Waals surface area contributed by atoms with Gasteiger partial charge in [-0.1, -0.05) is 60.7 Å². The Bertz CT molecular complexity index is 410. The maximum absolute atomic E-state index is 5.49. The Labute approximate surface area is 104 Å². The summed E-state index contributed by atoms with van der Waals surface area (Å²) in [6, 6.07) is 8.34. The van der Waals surface area contributed by atoms with E-state index in [0.717, 1.165) is 11.1 Å². The number of benzene rings is 1. The van der Waals surface area contributed by atoms with Gasteiger partial charge in [-0.15, -0.1) is 0 Å². The van der Waals surface area contributed by atoms with Crippen molar-refractivity contribution in [3.63, 3.8) is 0 Å². The molecule has 0 heterocycles. The summed E-state index contributed by atoms with van der Waals surface area (Å²) < 4.78 is 5.49. The molecule has 90 valence electrons. The zero-order valence-corrected chi connectivity index (χ0v) is 10.8. The molecule has 17 heavy (non-hydrogen) atoms. The maximum atomic E-state index is 5.49. The van der Waals surface area contributed by atoms with E-state index in [1.54, 1.807) is 7.11 Å². The molecule has 0 aliphatic heterocycles. The van der Waals surface area contributed by atoms with Gasteiger partial charge in [0.05, 0.1) is 0 Å². The minimum atomic E-state index is -0.0721. The summed E-state index contributed by atoms with van der Waals surface area (Å²) in [5.41, 5.74) is 3.33. The molecular weight excluding hydrogens is 208 g/mol. The van der Waals surface area contributed by atoms with Gasteiger partial charge in [0.2, 0.25) is 0 Å². The van der Waals surface area contributed by atoms with Crippen molar-refractivity contribution in [1.82, 2.24) is 0 Å². The van der Waals surface area contributed by atoms with Gasteiger partial charge in [0.25, 0.3) is 0 Å². The lowest BCUT2D eigenvalue weighted by atomic mass is 10.0. The fourth-order valence-electron chi connectivity index (χ4n) is 1.62. The van der Waals surface area contributed by atoms with Crippen molar-refractivity contribution >= 4 is 0 Å². The molecule has 0 spiro atoms. The first kappa shape index (κ1) is 13.5. The molecule has 0 saturated carbocycles. The monoisotopic (exact) mass is 228 g/mol. The summed E-state index contributed by atoms with van der Waals surface area (Å²) in [6.45, 7) is 8.11. The van der Waals surface area contributed by atoms with Crippen molar-refractivity contribution in [2.75, 3.05) is 7.11 Å². The molecule has 1 aromatic carbocycles. The average Bonchev–Trinajstić information content (AvgIpc) is 2.33. The summed E-state index contributed by atoms with van der Waals surface area (Å²) >= 11 is 0. The van der Waals surface area contributed by atoms with Gasteiger partial charge in [-0.2, -0.15) is 0 Å². The van der Waals surface area contributed by atoms with Crippen LogP contribution in [0.4, 0.5) is 0 Å². The maximum Gasteiger partial charge on any atom is 0.107 e. The SMILES string of the molecule is C=C(/C=C\C=C\C)[C@H](OC)c1ccc(C)cc1. The Morgan fingerprint density at radius 3 is 2.41 bits per heavy atom. The van der Waals surface area contributed by atoms with Crippen molar-refractivity contribution in [3.8, 4) is 0 Å². The van der Waals surface area contributed by atoms with Gasteiger partial charge in [0, 0.05) is 7.11 Å². The van der Waals surface area contributed by atoms with Gasteiger partial charge in [0.1, 0.15) is 6.10 Å². The molecule has 0 unspecified atom stereocenters. The Balaban J connectivity index is 2.84. The minimum absolute atomic E-state index is 0.0721. The highest BCUT2D eigenvalue weighted by molar-refractivity contribution is 5.33. The number of rotatable bonds is 5. The molecule has 0 aromatic heterocycles. The topological polar surface area (TPSA) is 9.23 Å². The lowest BCUT2D eigenvalue weighted by Gasteiger charge is -2.16. The average molecular weight is 228 g/mol. The molecule has 0 aliphatic rings. The first-order valence-electron chi connectivity index (χ1n) is 5.76. The highest BCUT2D eigenvalue weighted by Gasteiger charge is 2.11. The number of allylic oxidation sites excluding steroid dienone is 3. The number of aryl methyl sites for hydroxylation is 1. The molecule has 1 aromatic rings. The van der Waals surface area contributed by atoms with E-state index in [2.05, 4.69) is 37.8 Å². The molecule has 1 heteroatoms. The molecule has 0 fully saturated rings. The molecule has 0 aliphatic carbocycles. The van der Waals surface area contributed by atoms with Crippen molar-refractivity contribution in [2.24, 2.45) is 0 Å². The summed E-state index contributed by atoms with van der Waals surface area (Å²) in [7, 11) is 1.71. The fraction of sp³-hybridized carbons (Fsp3) is 0.250. The third kappa shape index (κ3) is 4.04. The van der Waals surface area contributed by atoms with Gasteiger partial charge in [-0.25, -0.2) is 0 Å². The van der Waals surface area contributed by atoms with E-state index >= 15 is 0 Å². The van der Waals surface area contributed by atoms with Crippen LogP contribution < -0.4 is 0 Å². The normalized spacial score (nSPS) is 13.4. The summed E-state index contributed by atoms with van der Waals surface area (Å²) in [5, 5.41) is 0. The first-order chi connectivity index (χ1) is 8.19. The predicted molar refractivity (Wildman–Crippen MR) is 74.0 cm³/mol. The second-order valence-corrected chi connectivity index (χ2v) is 3.99. The second kappa shape index (κ2) is 6.87. The summed E-state index contributed by atoms with van der Waals surface area (Å²) in [5.74, 6) is 0. The van der Waals surface area contributed by atoms with E-state index in [4.69, 9.17) is 4.74 Å². The van der Waals surface area contributed by atoms with Crippen LogP contribution >= 0.6 is 0 Å². The number of ether oxygens (including phenoxy) is 1. The summed E-state index contributed by atoms with van der Waals surface area (Å²) in [6.07, 6.45) is 7.85. The molecular formula is C16H20O. The minimum Gasteiger partial charge on any atom is -0.372 e. The second-order valence-electron chi connectivity index (χ2n) is 3.99. The predicted octanol–water partition coefficient (Wildman–Crippen LogP) is 4.37. The quantitative estimate of drug-likeness (QED) is 0.680. The van der Waals surface area contributed by atoms with Gasteiger partial charge in [-0.05, 0) is 25.0 Å². The van der Waals surface area contributed by atoms with Crippen LogP contribution in [0.25, 0.3) is 0 Å². The Kier molecular flexibility index (Phi) is 5.44. The van der Waals surface area contributed by atoms with Crippen LogP contribution in [0.2, 0.25) is 0 Å². The van der Waals surface area contributed by atoms with Crippen molar-refractivity contribution in [1.29, 1.82) is 0 Å². The highest BCUT2D eigenvalue weighted by atomic mass is 16.5. The van der Waals surface area contributed by atoms with Crippen LogP contribution in [0.1, 0.15) is 24.2 Å². The van der Waals surface area contributed by atoms with Crippen LogP contribution in [0.15, 0.2) is 60.7 Å². The van der Waals surface area contributed by atoms with Crippen LogP contribution in [0, 0.1) is 6.92 Å². The first-order valence-corrected chi connectivity index (χ1v) is 5.76. The van der Waals surface area contributed by atoms with Gasteiger partial charge >= 0.3 is 0 Å². The van der Waals surface area contributed by atoms with E-state index in [-0.39, 0.29) is 6.10 Å². The summed E-state index contributed by atoms with van der Waals surface area (Å²) in [4.78, 5) is 0. The zero-order valence-electron chi connectivity index (χ0n) is 10.8. The molecule has 0 radical (unpaired) electrons. The highest BCUT2D eigenvalue weighted by Crippen LogP contribution is 2.25. The van der Waals surface area contributed by atoms with Crippen molar-refractivity contribution in [2.45, 2.75) is 20.0 Å². The molecule has 1 atom stereocenters. The van der Waals surface area contributed by atoms with Crippen LogP contribution in [0.5, 0.6) is 0 Å². The zero-order chi connectivity index (χ0) is 12.7. The lowest BCUT2D eigenvalue weighted by molar-refractivity contribution is 0.136. The Morgan fingerprint density at radius 2 is 1.88 bits per heavy atom. The Morgan fingerprint density at radius 1 is 1.24 bits per heavy atom. The largest absolute Gasteiger partial charge is 0.372 e. The van der Waals surface area contributed by atoms with Crippen LogP contribution in [-0.4, -0.2) is 7.11 Å². The van der Waals surface area contributed by atoms with Crippen molar-refractivity contribution < 1.29 is 4.74 Å². The molecule has 0 saturated heterocycles. The van der Waals surface area contributed by atoms with E-state index in [9.17, 15) is 0 Å². The van der Waals surface area contributed by atoms with E-state index in [1.165, 1.54) is 5.56 Å². The van der Waals surface area contributed by atoms with Crippen LogP contribution in [-0.2, 0) is 4.74 Å². The number of hydrogen-bond acceptors (Lipinski definition) is 1. The number of methoxy groups -OCH3 is 1. The fourth-order valence-corrected chi connectivity index (χ4v) is 1.62. The van der Waals surface area contributed by atoms with Crippen LogP contribution in [0.3, 0.4) is 0 Å².